The summed E-state index contributed by atoms with van der Waals surface area (Å²) in [7, 11) is -4.53. The molecule has 2 rings (SSSR count). The molecule has 0 spiro atoms. The Morgan fingerprint density at radius 1 is 1.24 bits per heavy atom. The molecule has 2 aliphatic heterocycles. The highest BCUT2D eigenvalue weighted by Gasteiger charge is 2.47. The predicted octanol–water partition coefficient (Wildman–Crippen LogP) is 2.51. The molecule has 2 aliphatic rings. The van der Waals surface area contributed by atoms with Crippen molar-refractivity contribution in [2.75, 3.05) is 6.61 Å². The van der Waals surface area contributed by atoms with E-state index in [1.54, 1.807) is 6.92 Å². The monoisotopic (exact) mass is 437 g/mol. The second-order valence-corrected chi connectivity index (χ2v) is 9.59. The Labute approximate surface area is 173 Å². The molecule has 0 aliphatic carbocycles. The van der Waals surface area contributed by atoms with Gasteiger partial charge in [-0.15, -0.1) is 0 Å². The van der Waals surface area contributed by atoms with Crippen molar-refractivity contribution in [3.63, 3.8) is 0 Å². The zero-order valence-corrected chi connectivity index (χ0v) is 19.0. The van der Waals surface area contributed by atoms with Crippen molar-refractivity contribution >= 4 is 7.82 Å². The van der Waals surface area contributed by atoms with Crippen LogP contribution in [0.4, 0.5) is 0 Å². The lowest BCUT2D eigenvalue weighted by molar-refractivity contribution is -0.0582. The molecular formula is C19H36NO8P. The molecule has 3 N–H and O–H groups in total. The minimum atomic E-state index is -4.53. The fourth-order valence-electron chi connectivity index (χ4n) is 3.50. The van der Waals surface area contributed by atoms with Gasteiger partial charge >= 0.3 is 7.82 Å². The molecule has 2 fully saturated rings. The van der Waals surface area contributed by atoms with Crippen LogP contribution in [0.1, 0.15) is 48.0 Å². The zero-order valence-electron chi connectivity index (χ0n) is 18.1. The molecule has 0 aromatic rings. The molecule has 0 aromatic carbocycles. The van der Waals surface area contributed by atoms with E-state index in [2.05, 4.69) is 6.58 Å². The lowest BCUT2D eigenvalue weighted by atomic mass is 10.1. The van der Waals surface area contributed by atoms with Crippen molar-refractivity contribution in [1.82, 2.24) is 0 Å². The summed E-state index contributed by atoms with van der Waals surface area (Å²) in [5, 5.41) is 0. The summed E-state index contributed by atoms with van der Waals surface area (Å²) < 4.78 is 46.2. The molecule has 0 aromatic heterocycles. The molecular weight excluding hydrogens is 401 g/mol. The number of hydrogen-bond acceptors (Lipinski definition) is 8. The maximum absolute atomic E-state index is 12.7. The first-order chi connectivity index (χ1) is 13.4. The average molecular weight is 437 g/mol. The summed E-state index contributed by atoms with van der Waals surface area (Å²) in [5.41, 5.74) is 6.11. The van der Waals surface area contributed by atoms with Crippen LogP contribution < -0.4 is 5.73 Å². The maximum Gasteiger partial charge on any atom is 0.527 e. The molecule has 0 saturated carbocycles. The van der Waals surface area contributed by atoms with Crippen LogP contribution in [-0.2, 0) is 32.6 Å². The van der Waals surface area contributed by atoms with Gasteiger partial charge in [0.25, 0.3) is 0 Å². The second-order valence-electron chi connectivity index (χ2n) is 8.26. The lowest BCUT2D eigenvalue weighted by Gasteiger charge is -2.27. The molecule has 2 heterocycles. The van der Waals surface area contributed by atoms with Crippen molar-refractivity contribution in [3.8, 4) is 0 Å². The number of nitrogens with two attached hydrogens (primary N) is 1. The smallest absolute Gasteiger partial charge is 0.406 e. The van der Waals surface area contributed by atoms with Gasteiger partial charge in [0.15, 0.2) is 0 Å². The van der Waals surface area contributed by atoms with Gasteiger partial charge < -0.3 is 29.2 Å². The number of rotatable bonds is 10. The van der Waals surface area contributed by atoms with E-state index in [0.717, 1.165) is 0 Å². The van der Waals surface area contributed by atoms with Gasteiger partial charge in [0.2, 0.25) is 0 Å². The van der Waals surface area contributed by atoms with Gasteiger partial charge in [-0.2, -0.15) is 0 Å². The molecule has 9 nitrogen and oxygen atoms in total. The first kappa shape index (κ1) is 24.8. The van der Waals surface area contributed by atoms with Crippen LogP contribution in [0.25, 0.3) is 0 Å². The molecule has 170 valence electrons. The summed E-state index contributed by atoms with van der Waals surface area (Å²) >= 11 is 0. The van der Waals surface area contributed by atoms with Gasteiger partial charge in [-0.3, -0.25) is 9.42 Å². The topological polar surface area (TPSA) is 119 Å². The van der Waals surface area contributed by atoms with E-state index in [-0.39, 0.29) is 42.9 Å². The SMILES string of the molecule is C=C(OP(=O)(O)OC1[C@@H](COC(C)C)O[C@@H](C)[C@H]1N)[C@H]1O[C@@H](C)CC1OC(C)C. The van der Waals surface area contributed by atoms with Crippen LogP contribution in [-0.4, -0.2) is 66.4 Å². The Morgan fingerprint density at radius 3 is 2.48 bits per heavy atom. The first-order valence-corrected chi connectivity index (χ1v) is 11.6. The van der Waals surface area contributed by atoms with E-state index in [0.29, 0.717) is 6.42 Å². The van der Waals surface area contributed by atoms with Crippen molar-refractivity contribution in [2.45, 2.75) is 103 Å². The van der Waals surface area contributed by atoms with Crippen molar-refractivity contribution in [2.24, 2.45) is 5.73 Å². The summed E-state index contributed by atoms with van der Waals surface area (Å²) in [6.45, 7) is 15.2. The number of hydrogen-bond donors (Lipinski definition) is 2. The quantitative estimate of drug-likeness (QED) is 0.392. The lowest BCUT2D eigenvalue weighted by Crippen LogP contribution is -2.42. The summed E-state index contributed by atoms with van der Waals surface area (Å²) in [5.74, 6) is -0.0126. The first-order valence-electron chi connectivity index (χ1n) is 10.1. The Bertz CT molecular complexity index is 601. The normalized spacial score (nSPS) is 37.2. The highest BCUT2D eigenvalue weighted by molar-refractivity contribution is 7.47. The standard InChI is InChI=1S/C19H36NO8P/c1-10(2)23-9-16-19(17(20)13(6)26-16)28-29(21,22)27-14(7)18-15(24-11(3)4)8-12(5)25-18/h10-13,15-19H,7-9,20H2,1-6H3,(H,21,22)/t12-,13-,15?,16+,17+,18+,19?/m0/s1. The number of phosphoric acid groups is 1. The average Bonchev–Trinajstić information content (AvgIpc) is 3.06. The maximum atomic E-state index is 12.7. The van der Waals surface area contributed by atoms with E-state index in [1.807, 2.05) is 34.6 Å². The Morgan fingerprint density at radius 2 is 1.90 bits per heavy atom. The fourth-order valence-corrected chi connectivity index (χ4v) is 4.52. The molecule has 2 saturated heterocycles. The van der Waals surface area contributed by atoms with Crippen molar-refractivity contribution in [3.05, 3.63) is 12.3 Å². The van der Waals surface area contributed by atoms with Crippen molar-refractivity contribution in [1.29, 1.82) is 0 Å². The number of phosphoric ester groups is 1. The van der Waals surface area contributed by atoms with Crippen LogP contribution in [0, 0.1) is 0 Å². The third-order valence-electron chi connectivity index (χ3n) is 4.80. The molecule has 29 heavy (non-hydrogen) atoms. The van der Waals surface area contributed by atoms with Gasteiger partial charge in [-0.1, -0.05) is 6.58 Å². The predicted molar refractivity (Wildman–Crippen MR) is 107 cm³/mol. The molecule has 8 atom stereocenters. The summed E-state index contributed by atoms with van der Waals surface area (Å²) in [6, 6.07) is -0.604. The van der Waals surface area contributed by atoms with Crippen LogP contribution in [0.5, 0.6) is 0 Å². The highest BCUT2D eigenvalue weighted by Crippen LogP contribution is 2.50. The van der Waals surface area contributed by atoms with Crippen LogP contribution in [0.2, 0.25) is 0 Å². The van der Waals surface area contributed by atoms with Gasteiger partial charge in [-0.25, -0.2) is 4.57 Å². The van der Waals surface area contributed by atoms with Gasteiger partial charge in [0, 0.05) is 6.42 Å². The van der Waals surface area contributed by atoms with Gasteiger partial charge in [0.05, 0.1) is 43.2 Å². The van der Waals surface area contributed by atoms with Crippen LogP contribution in [0.15, 0.2) is 12.3 Å². The van der Waals surface area contributed by atoms with E-state index in [4.69, 9.17) is 33.7 Å². The minimum absolute atomic E-state index is 0.0126. The molecule has 0 bridgehead atoms. The highest BCUT2D eigenvalue weighted by atomic mass is 31.2. The van der Waals surface area contributed by atoms with Crippen LogP contribution >= 0.6 is 7.82 Å². The molecule has 0 radical (unpaired) electrons. The van der Waals surface area contributed by atoms with E-state index >= 15 is 0 Å². The Hall–Kier alpha value is -0.510. The molecule has 0 amide bonds. The Balaban J connectivity index is 2.01. The number of ether oxygens (including phenoxy) is 4. The third-order valence-corrected chi connectivity index (χ3v) is 5.78. The van der Waals surface area contributed by atoms with E-state index in [1.165, 1.54) is 0 Å². The van der Waals surface area contributed by atoms with Crippen LogP contribution in [0.3, 0.4) is 0 Å². The fraction of sp³-hybridized carbons (Fsp3) is 0.895. The largest absolute Gasteiger partial charge is 0.527 e. The van der Waals surface area contributed by atoms with E-state index < -0.39 is 32.2 Å². The summed E-state index contributed by atoms with van der Waals surface area (Å²) in [6.07, 6.45) is -2.29. The van der Waals surface area contributed by atoms with Gasteiger partial charge in [-0.05, 0) is 41.5 Å². The second kappa shape index (κ2) is 10.2. The minimum Gasteiger partial charge on any atom is -0.406 e. The Kier molecular flexibility index (Phi) is 8.71. The molecule has 10 heteroatoms. The zero-order chi connectivity index (χ0) is 21.9. The van der Waals surface area contributed by atoms with Gasteiger partial charge in [0.1, 0.15) is 24.1 Å². The van der Waals surface area contributed by atoms with Crippen molar-refractivity contribution < 1.29 is 37.5 Å². The summed E-state index contributed by atoms with van der Waals surface area (Å²) in [4.78, 5) is 10.3. The third kappa shape index (κ3) is 7.01. The molecule has 3 unspecified atom stereocenters. The van der Waals surface area contributed by atoms with E-state index in [9.17, 15) is 9.46 Å².